The number of methoxy groups -OCH3 is 2. The molecule has 1 aromatic heterocycles. The van der Waals surface area contributed by atoms with Gasteiger partial charge in [-0.05, 0) is 69.2 Å². The predicted octanol–water partition coefficient (Wildman–Crippen LogP) is 3.66. The van der Waals surface area contributed by atoms with Crippen molar-refractivity contribution in [3.8, 4) is 11.5 Å². The maximum atomic E-state index is 13.8. The third-order valence-electron chi connectivity index (χ3n) is 6.56. The summed E-state index contributed by atoms with van der Waals surface area (Å²) >= 11 is 1.30. The fraction of sp³-hybridized carbons (Fsp3) is 0.345. The summed E-state index contributed by atoms with van der Waals surface area (Å²) in [6.45, 7) is 9.82. The van der Waals surface area contributed by atoms with Crippen molar-refractivity contribution in [2.45, 2.75) is 33.7 Å². The molecular weight excluding hydrogens is 502 g/mol. The number of rotatable bonds is 9. The Morgan fingerprint density at radius 3 is 2.34 bits per heavy atom. The molecule has 0 radical (unpaired) electrons. The summed E-state index contributed by atoms with van der Waals surface area (Å²) in [7, 11) is 3.11. The van der Waals surface area contributed by atoms with E-state index in [4.69, 9.17) is 14.2 Å². The molecule has 38 heavy (non-hydrogen) atoms. The zero-order chi connectivity index (χ0) is 27.4. The van der Waals surface area contributed by atoms with E-state index < -0.39 is 12.0 Å². The van der Waals surface area contributed by atoms with Crippen LogP contribution in [-0.4, -0.2) is 44.5 Å². The molecule has 200 valence electrons. The van der Waals surface area contributed by atoms with Crippen LogP contribution in [0.3, 0.4) is 0 Å². The largest absolute Gasteiger partial charge is 0.493 e. The fourth-order valence-electron chi connectivity index (χ4n) is 4.65. The van der Waals surface area contributed by atoms with Crippen LogP contribution in [0.5, 0.6) is 11.5 Å². The van der Waals surface area contributed by atoms with Crippen LogP contribution in [0.15, 0.2) is 63.5 Å². The first-order chi connectivity index (χ1) is 18.4. The van der Waals surface area contributed by atoms with Crippen molar-refractivity contribution in [1.82, 2.24) is 4.57 Å². The highest BCUT2D eigenvalue weighted by molar-refractivity contribution is 7.07. The molecule has 0 fully saturated rings. The number of ether oxygens (including phenoxy) is 3. The van der Waals surface area contributed by atoms with Crippen LogP contribution < -0.4 is 29.3 Å². The summed E-state index contributed by atoms with van der Waals surface area (Å²) in [4.78, 5) is 34.4. The van der Waals surface area contributed by atoms with Crippen LogP contribution in [0.4, 0.5) is 5.69 Å². The van der Waals surface area contributed by atoms with E-state index in [0.29, 0.717) is 37.7 Å². The molecule has 1 atom stereocenters. The Balaban J connectivity index is 1.88. The van der Waals surface area contributed by atoms with Gasteiger partial charge in [0.1, 0.15) is 0 Å². The van der Waals surface area contributed by atoms with Gasteiger partial charge in [0.05, 0.1) is 42.7 Å². The molecule has 4 rings (SSSR count). The summed E-state index contributed by atoms with van der Waals surface area (Å²) in [5.74, 6) is 0.545. The number of allylic oxidation sites excluding steroid dienone is 1. The van der Waals surface area contributed by atoms with Gasteiger partial charge in [0, 0.05) is 18.8 Å². The third kappa shape index (κ3) is 5.11. The van der Waals surface area contributed by atoms with E-state index in [1.165, 1.54) is 11.3 Å². The molecule has 3 aromatic rings. The van der Waals surface area contributed by atoms with Crippen molar-refractivity contribution in [2.24, 2.45) is 4.99 Å². The van der Waals surface area contributed by atoms with Gasteiger partial charge < -0.3 is 19.1 Å². The van der Waals surface area contributed by atoms with Gasteiger partial charge >= 0.3 is 5.97 Å². The average Bonchev–Trinajstić information content (AvgIpc) is 3.23. The summed E-state index contributed by atoms with van der Waals surface area (Å²) in [6.07, 6.45) is 1.87. The quantitative estimate of drug-likeness (QED) is 0.389. The number of hydrogen-bond acceptors (Lipinski definition) is 8. The standard InChI is InChI=1S/C29H33N3O5S/c1-7-31(8-2)21-13-10-19(11-14-21)16-24-27(33)32-26(20-12-15-22(35-5)23(17-20)36-6)25(28(34)37-9-3)18(4)30-29(32)38-24/h10-17,26H,7-9H2,1-6H3/b24-16-/t26-/m1/s1. The van der Waals surface area contributed by atoms with Crippen molar-refractivity contribution in [3.63, 3.8) is 0 Å². The van der Waals surface area contributed by atoms with Gasteiger partial charge in [-0.25, -0.2) is 9.79 Å². The monoisotopic (exact) mass is 535 g/mol. The number of fused-ring (bicyclic) bond motifs is 1. The lowest BCUT2D eigenvalue weighted by Gasteiger charge is -2.25. The second-order valence-corrected chi connectivity index (χ2v) is 9.69. The molecule has 2 heterocycles. The number of nitrogens with zero attached hydrogens (tertiary/aromatic N) is 3. The van der Waals surface area contributed by atoms with Gasteiger partial charge in [-0.1, -0.05) is 29.5 Å². The van der Waals surface area contributed by atoms with E-state index in [0.717, 1.165) is 24.3 Å². The third-order valence-corrected chi connectivity index (χ3v) is 7.54. The topological polar surface area (TPSA) is 82.4 Å². The first-order valence-corrected chi connectivity index (χ1v) is 13.4. The predicted molar refractivity (Wildman–Crippen MR) is 150 cm³/mol. The van der Waals surface area contributed by atoms with Crippen LogP contribution in [0.1, 0.15) is 44.9 Å². The Labute approximate surface area is 226 Å². The first kappa shape index (κ1) is 27.2. The SMILES string of the molecule is CCOC(=O)C1=C(C)N=c2s/c(=C\c3ccc(N(CC)CC)cc3)c(=O)n2[C@@H]1c1ccc(OC)c(OC)c1. The molecule has 0 spiro atoms. The number of carbonyl (C=O) groups excluding carboxylic acids is 1. The van der Waals surface area contributed by atoms with E-state index in [1.54, 1.807) is 44.8 Å². The Bertz CT molecular complexity index is 1530. The van der Waals surface area contributed by atoms with Gasteiger partial charge in [0.15, 0.2) is 16.3 Å². The Morgan fingerprint density at radius 2 is 1.74 bits per heavy atom. The molecule has 0 saturated carbocycles. The minimum absolute atomic E-state index is 0.210. The lowest BCUT2D eigenvalue weighted by molar-refractivity contribution is -0.139. The fourth-order valence-corrected chi connectivity index (χ4v) is 5.70. The maximum Gasteiger partial charge on any atom is 0.338 e. The van der Waals surface area contributed by atoms with Crippen molar-refractivity contribution >= 4 is 29.1 Å². The molecule has 1 aliphatic heterocycles. The maximum absolute atomic E-state index is 13.8. The lowest BCUT2D eigenvalue weighted by atomic mass is 9.95. The highest BCUT2D eigenvalue weighted by Gasteiger charge is 2.33. The molecule has 0 bridgehead atoms. The van der Waals surface area contributed by atoms with Gasteiger partial charge in [-0.3, -0.25) is 9.36 Å². The molecule has 0 saturated heterocycles. The number of aromatic nitrogens is 1. The van der Waals surface area contributed by atoms with Crippen LogP contribution in [-0.2, 0) is 9.53 Å². The molecule has 1 aliphatic rings. The summed E-state index contributed by atoms with van der Waals surface area (Å²) < 4.78 is 18.4. The van der Waals surface area contributed by atoms with Crippen LogP contribution in [0.25, 0.3) is 6.08 Å². The lowest BCUT2D eigenvalue weighted by Crippen LogP contribution is -2.40. The van der Waals surface area contributed by atoms with Gasteiger partial charge in [-0.2, -0.15) is 0 Å². The number of hydrogen-bond donors (Lipinski definition) is 0. The second kappa shape index (κ2) is 11.7. The highest BCUT2D eigenvalue weighted by atomic mass is 32.1. The summed E-state index contributed by atoms with van der Waals surface area (Å²) in [5.41, 5.74) is 3.35. The van der Waals surface area contributed by atoms with E-state index in [2.05, 4.69) is 35.9 Å². The van der Waals surface area contributed by atoms with Gasteiger partial charge in [-0.15, -0.1) is 0 Å². The Kier molecular flexibility index (Phi) is 8.36. The molecule has 8 nitrogen and oxygen atoms in total. The minimum Gasteiger partial charge on any atom is -0.493 e. The number of anilines is 1. The zero-order valence-corrected chi connectivity index (χ0v) is 23.4. The van der Waals surface area contributed by atoms with E-state index >= 15 is 0 Å². The first-order valence-electron chi connectivity index (χ1n) is 12.6. The summed E-state index contributed by atoms with van der Waals surface area (Å²) in [6, 6.07) is 12.8. The molecule has 2 aromatic carbocycles. The van der Waals surface area contributed by atoms with Gasteiger partial charge in [0.25, 0.3) is 5.56 Å². The van der Waals surface area contributed by atoms with Gasteiger partial charge in [0.2, 0.25) is 0 Å². The smallest absolute Gasteiger partial charge is 0.338 e. The van der Waals surface area contributed by atoms with Crippen LogP contribution in [0, 0.1) is 0 Å². The van der Waals surface area contributed by atoms with E-state index in [-0.39, 0.29) is 12.2 Å². The molecule has 9 heteroatoms. The van der Waals surface area contributed by atoms with Crippen LogP contribution in [0.2, 0.25) is 0 Å². The number of carbonyl (C=O) groups is 1. The van der Waals surface area contributed by atoms with Crippen LogP contribution >= 0.6 is 11.3 Å². The minimum atomic E-state index is -0.725. The number of esters is 1. The molecule has 0 aliphatic carbocycles. The average molecular weight is 536 g/mol. The zero-order valence-electron chi connectivity index (χ0n) is 22.6. The normalized spacial score (nSPS) is 15.1. The highest BCUT2D eigenvalue weighted by Crippen LogP contribution is 2.36. The molecule has 0 unspecified atom stereocenters. The second-order valence-electron chi connectivity index (χ2n) is 8.68. The number of thiazole rings is 1. The van der Waals surface area contributed by atoms with E-state index in [1.807, 2.05) is 24.3 Å². The van der Waals surface area contributed by atoms with Crippen molar-refractivity contribution in [3.05, 3.63) is 84.5 Å². The molecule has 0 amide bonds. The van der Waals surface area contributed by atoms with E-state index in [9.17, 15) is 9.59 Å². The Morgan fingerprint density at radius 1 is 1.05 bits per heavy atom. The Hall–Kier alpha value is -3.85. The molecular formula is C29H33N3O5S. The number of benzene rings is 2. The summed E-state index contributed by atoms with van der Waals surface area (Å²) in [5, 5.41) is 0. The van der Waals surface area contributed by atoms with Crippen molar-refractivity contribution in [1.29, 1.82) is 0 Å². The van der Waals surface area contributed by atoms with Crippen molar-refractivity contribution in [2.75, 3.05) is 38.8 Å². The molecule has 0 N–H and O–H groups in total. The van der Waals surface area contributed by atoms with Crippen molar-refractivity contribution < 1.29 is 19.0 Å².